The number of rotatable bonds is 7. The summed E-state index contributed by atoms with van der Waals surface area (Å²) in [6.07, 6.45) is 7.74. The molecule has 0 aromatic carbocycles. The molecule has 1 aromatic rings. The van der Waals surface area contributed by atoms with E-state index in [9.17, 15) is 4.79 Å². The van der Waals surface area contributed by atoms with Crippen molar-refractivity contribution in [2.75, 3.05) is 26.2 Å². The normalized spacial score (nSPS) is 17.2. The maximum atomic E-state index is 12.8. The maximum absolute atomic E-state index is 12.8. The predicted octanol–water partition coefficient (Wildman–Crippen LogP) is 1.67. The van der Waals surface area contributed by atoms with Crippen LogP contribution in [0, 0.1) is 0 Å². The third-order valence-electron chi connectivity index (χ3n) is 4.32. The lowest BCUT2D eigenvalue weighted by molar-refractivity contribution is -0.137. The average Bonchev–Trinajstić information content (AvgIpc) is 2.59. The minimum Gasteiger partial charge on any atom is -0.396 e. The van der Waals surface area contributed by atoms with Gasteiger partial charge in [-0.25, -0.2) is 0 Å². The van der Waals surface area contributed by atoms with Crippen LogP contribution in [0.4, 0.5) is 0 Å². The number of aliphatic hydroxyl groups excluding tert-OH is 1. The van der Waals surface area contributed by atoms with Gasteiger partial charge in [-0.2, -0.15) is 0 Å². The molecule has 0 bridgehead atoms. The number of aromatic nitrogens is 1. The summed E-state index contributed by atoms with van der Waals surface area (Å²) in [6.45, 7) is 5.31. The summed E-state index contributed by atoms with van der Waals surface area (Å²) < 4.78 is 0. The van der Waals surface area contributed by atoms with Crippen LogP contribution in [0.3, 0.4) is 0 Å². The standard InChI is InChI=1S/C17H27N3O2/c1-15(19-10-3-2-4-11-19)17(22)20(12-5-13-21)14-16-6-8-18-9-7-16/h6-9,15,21H,2-5,10-14H2,1H3. The van der Waals surface area contributed by atoms with Gasteiger partial charge in [0.25, 0.3) is 0 Å². The van der Waals surface area contributed by atoms with Crippen LogP contribution in [0.25, 0.3) is 0 Å². The summed E-state index contributed by atoms with van der Waals surface area (Å²) >= 11 is 0. The van der Waals surface area contributed by atoms with Crippen LogP contribution < -0.4 is 0 Å². The first-order valence-corrected chi connectivity index (χ1v) is 8.25. The fraction of sp³-hybridized carbons (Fsp3) is 0.647. The van der Waals surface area contributed by atoms with Gasteiger partial charge >= 0.3 is 0 Å². The lowest BCUT2D eigenvalue weighted by Gasteiger charge is -2.35. The molecular formula is C17H27N3O2. The van der Waals surface area contributed by atoms with E-state index < -0.39 is 0 Å². The molecule has 0 aliphatic carbocycles. The molecule has 5 nitrogen and oxygen atoms in total. The molecule has 0 spiro atoms. The Bertz CT molecular complexity index is 446. The van der Waals surface area contributed by atoms with Gasteiger partial charge in [-0.1, -0.05) is 6.42 Å². The molecule has 1 unspecified atom stereocenters. The van der Waals surface area contributed by atoms with Crippen LogP contribution in [-0.4, -0.2) is 58.1 Å². The van der Waals surface area contributed by atoms with Crippen LogP contribution in [0.5, 0.6) is 0 Å². The summed E-state index contributed by atoms with van der Waals surface area (Å²) in [5, 5.41) is 9.09. The summed E-state index contributed by atoms with van der Waals surface area (Å²) in [7, 11) is 0. The van der Waals surface area contributed by atoms with Crippen LogP contribution >= 0.6 is 0 Å². The molecule has 122 valence electrons. The van der Waals surface area contributed by atoms with E-state index in [1.165, 1.54) is 19.3 Å². The Labute approximate surface area is 132 Å². The minimum absolute atomic E-state index is 0.0826. The second-order valence-corrected chi connectivity index (χ2v) is 5.97. The molecule has 5 heteroatoms. The van der Waals surface area contributed by atoms with Gasteiger partial charge in [-0.3, -0.25) is 14.7 Å². The van der Waals surface area contributed by atoms with Gasteiger partial charge < -0.3 is 10.0 Å². The van der Waals surface area contributed by atoms with Crippen molar-refractivity contribution in [1.82, 2.24) is 14.8 Å². The topological polar surface area (TPSA) is 56.7 Å². The Hall–Kier alpha value is -1.46. The zero-order valence-electron chi connectivity index (χ0n) is 13.4. The van der Waals surface area contributed by atoms with Crippen molar-refractivity contribution in [2.24, 2.45) is 0 Å². The molecule has 1 saturated heterocycles. The van der Waals surface area contributed by atoms with Gasteiger partial charge in [0.05, 0.1) is 6.04 Å². The Morgan fingerprint density at radius 3 is 2.64 bits per heavy atom. The van der Waals surface area contributed by atoms with Crippen LogP contribution in [0.15, 0.2) is 24.5 Å². The first-order chi connectivity index (χ1) is 10.7. The smallest absolute Gasteiger partial charge is 0.239 e. The van der Waals surface area contributed by atoms with Crippen LogP contribution in [0.1, 0.15) is 38.2 Å². The van der Waals surface area contributed by atoms with E-state index in [4.69, 9.17) is 5.11 Å². The monoisotopic (exact) mass is 305 g/mol. The predicted molar refractivity (Wildman–Crippen MR) is 86.2 cm³/mol. The molecule has 1 aromatic heterocycles. The number of pyridine rings is 1. The Morgan fingerprint density at radius 2 is 2.00 bits per heavy atom. The highest BCUT2D eigenvalue weighted by molar-refractivity contribution is 5.81. The Balaban J connectivity index is 2.01. The van der Waals surface area contributed by atoms with E-state index in [0.29, 0.717) is 19.5 Å². The van der Waals surface area contributed by atoms with E-state index in [1.54, 1.807) is 12.4 Å². The number of hydrogen-bond acceptors (Lipinski definition) is 4. The fourth-order valence-corrected chi connectivity index (χ4v) is 2.96. The average molecular weight is 305 g/mol. The molecule has 1 N–H and O–H groups in total. The van der Waals surface area contributed by atoms with Crippen molar-refractivity contribution in [3.05, 3.63) is 30.1 Å². The van der Waals surface area contributed by atoms with Gasteiger partial charge in [0.2, 0.25) is 5.91 Å². The van der Waals surface area contributed by atoms with E-state index in [2.05, 4.69) is 9.88 Å². The lowest BCUT2D eigenvalue weighted by Crippen LogP contribution is -2.48. The molecule has 1 amide bonds. The summed E-state index contributed by atoms with van der Waals surface area (Å²) in [5.74, 6) is 0.159. The van der Waals surface area contributed by atoms with Gasteiger partial charge in [-0.15, -0.1) is 0 Å². The van der Waals surface area contributed by atoms with Gasteiger partial charge in [0.15, 0.2) is 0 Å². The zero-order chi connectivity index (χ0) is 15.8. The van der Waals surface area contributed by atoms with E-state index in [0.717, 1.165) is 18.7 Å². The largest absolute Gasteiger partial charge is 0.396 e. The number of likely N-dealkylation sites (tertiary alicyclic amines) is 1. The van der Waals surface area contributed by atoms with Crippen molar-refractivity contribution in [3.63, 3.8) is 0 Å². The van der Waals surface area contributed by atoms with Crippen molar-refractivity contribution in [2.45, 2.75) is 45.2 Å². The highest BCUT2D eigenvalue weighted by atomic mass is 16.3. The van der Waals surface area contributed by atoms with Crippen molar-refractivity contribution in [1.29, 1.82) is 0 Å². The van der Waals surface area contributed by atoms with Gasteiger partial charge in [0, 0.05) is 32.1 Å². The second kappa shape index (κ2) is 8.86. The number of carbonyl (C=O) groups is 1. The molecule has 1 fully saturated rings. The highest BCUT2D eigenvalue weighted by Crippen LogP contribution is 2.15. The fourth-order valence-electron chi connectivity index (χ4n) is 2.96. The molecule has 1 aliphatic rings. The molecule has 2 rings (SSSR count). The molecule has 0 saturated carbocycles. The molecular weight excluding hydrogens is 278 g/mol. The lowest BCUT2D eigenvalue weighted by atomic mass is 10.1. The maximum Gasteiger partial charge on any atom is 0.239 e. The first-order valence-electron chi connectivity index (χ1n) is 8.25. The van der Waals surface area contributed by atoms with Crippen molar-refractivity contribution < 1.29 is 9.90 Å². The number of aliphatic hydroxyl groups is 1. The third kappa shape index (κ3) is 4.78. The molecule has 2 heterocycles. The van der Waals surface area contributed by atoms with Crippen LogP contribution in [-0.2, 0) is 11.3 Å². The quantitative estimate of drug-likeness (QED) is 0.832. The first kappa shape index (κ1) is 16.9. The molecule has 0 radical (unpaired) electrons. The number of hydrogen-bond donors (Lipinski definition) is 1. The molecule has 1 aliphatic heterocycles. The third-order valence-corrected chi connectivity index (χ3v) is 4.32. The minimum atomic E-state index is -0.0826. The zero-order valence-corrected chi connectivity index (χ0v) is 13.4. The van der Waals surface area contributed by atoms with Gasteiger partial charge in [0.1, 0.15) is 0 Å². The Morgan fingerprint density at radius 1 is 1.32 bits per heavy atom. The highest BCUT2D eigenvalue weighted by Gasteiger charge is 2.26. The van der Waals surface area contributed by atoms with Crippen molar-refractivity contribution >= 4 is 5.91 Å². The van der Waals surface area contributed by atoms with Gasteiger partial charge in [-0.05, 0) is 57.0 Å². The number of nitrogens with zero attached hydrogens (tertiary/aromatic N) is 3. The summed E-state index contributed by atoms with van der Waals surface area (Å²) in [4.78, 5) is 21.0. The molecule has 1 atom stereocenters. The van der Waals surface area contributed by atoms with Crippen LogP contribution in [0.2, 0.25) is 0 Å². The molecule has 22 heavy (non-hydrogen) atoms. The number of carbonyl (C=O) groups excluding carboxylic acids is 1. The SMILES string of the molecule is CC(C(=O)N(CCCO)Cc1ccncc1)N1CCCCC1. The second-order valence-electron chi connectivity index (χ2n) is 5.97. The van der Waals surface area contributed by atoms with Crippen molar-refractivity contribution in [3.8, 4) is 0 Å². The number of piperidine rings is 1. The van der Waals surface area contributed by atoms with E-state index in [-0.39, 0.29) is 18.6 Å². The number of amides is 1. The summed E-state index contributed by atoms with van der Waals surface area (Å²) in [6, 6.07) is 3.79. The van der Waals surface area contributed by atoms with E-state index in [1.807, 2.05) is 24.0 Å². The Kier molecular flexibility index (Phi) is 6.80. The van der Waals surface area contributed by atoms with E-state index >= 15 is 0 Å². The summed E-state index contributed by atoms with van der Waals surface area (Å²) in [5.41, 5.74) is 1.08.